The SMILES string of the molecule is CC1(C)CSCC(Nc2cc(C#N)ccc2Cl)C1. The molecule has 0 spiro atoms. The molecule has 0 aliphatic carbocycles. The number of rotatable bonds is 2. The number of benzene rings is 1. The van der Waals surface area contributed by atoms with E-state index in [1.807, 2.05) is 17.8 Å². The van der Waals surface area contributed by atoms with Crippen molar-refractivity contribution >= 4 is 29.1 Å². The Balaban J connectivity index is 2.12. The Kier molecular flexibility index (Phi) is 4.09. The van der Waals surface area contributed by atoms with Gasteiger partial charge in [0.2, 0.25) is 0 Å². The maximum absolute atomic E-state index is 8.92. The second kappa shape index (κ2) is 5.42. The first kappa shape index (κ1) is 13.6. The quantitative estimate of drug-likeness (QED) is 0.884. The van der Waals surface area contributed by atoms with Crippen molar-refractivity contribution in [3.05, 3.63) is 28.8 Å². The van der Waals surface area contributed by atoms with Crippen LogP contribution in [0.25, 0.3) is 0 Å². The zero-order valence-electron chi connectivity index (χ0n) is 10.7. The fourth-order valence-corrected chi connectivity index (χ4v) is 3.73. The fourth-order valence-electron chi connectivity index (χ4n) is 2.28. The van der Waals surface area contributed by atoms with Gasteiger partial charge in [0.15, 0.2) is 0 Å². The standard InChI is InChI=1S/C14H17ClN2S/c1-14(2)6-11(8-18-9-14)17-13-5-10(7-16)3-4-12(13)15/h3-5,11,17H,6,8-9H2,1-2H3. The molecule has 1 aliphatic heterocycles. The van der Waals surface area contributed by atoms with E-state index in [1.54, 1.807) is 12.1 Å². The lowest BCUT2D eigenvalue weighted by Crippen LogP contribution is -2.35. The van der Waals surface area contributed by atoms with Gasteiger partial charge in [0, 0.05) is 11.8 Å². The average Bonchev–Trinajstić information content (AvgIpc) is 2.31. The normalized spacial score (nSPS) is 22.2. The molecule has 1 unspecified atom stereocenters. The molecule has 1 aromatic carbocycles. The topological polar surface area (TPSA) is 35.8 Å². The lowest BCUT2D eigenvalue weighted by atomic mass is 9.88. The Morgan fingerprint density at radius 2 is 2.28 bits per heavy atom. The molecule has 2 rings (SSSR count). The maximum Gasteiger partial charge on any atom is 0.0992 e. The maximum atomic E-state index is 8.92. The third-order valence-corrected chi connectivity index (χ3v) is 5.02. The van der Waals surface area contributed by atoms with Crippen molar-refractivity contribution in [1.29, 1.82) is 5.26 Å². The summed E-state index contributed by atoms with van der Waals surface area (Å²) in [6.45, 7) is 4.59. The molecule has 0 aromatic heterocycles. The summed E-state index contributed by atoms with van der Waals surface area (Å²) in [5.74, 6) is 2.30. The molecule has 18 heavy (non-hydrogen) atoms. The largest absolute Gasteiger partial charge is 0.380 e. The van der Waals surface area contributed by atoms with Crippen molar-refractivity contribution in [2.24, 2.45) is 5.41 Å². The lowest BCUT2D eigenvalue weighted by Gasteiger charge is -2.35. The summed E-state index contributed by atoms with van der Waals surface area (Å²) in [7, 11) is 0. The Hall–Kier alpha value is -0.850. The first-order valence-electron chi connectivity index (χ1n) is 6.04. The number of nitrogens with one attached hydrogen (secondary N) is 1. The third kappa shape index (κ3) is 3.34. The molecular formula is C14H17ClN2S. The van der Waals surface area contributed by atoms with Crippen molar-refractivity contribution in [3.63, 3.8) is 0 Å². The van der Waals surface area contributed by atoms with Crippen LogP contribution in [0.5, 0.6) is 0 Å². The average molecular weight is 281 g/mol. The Bertz CT molecular complexity index is 479. The number of anilines is 1. The van der Waals surface area contributed by atoms with Crippen molar-refractivity contribution in [2.75, 3.05) is 16.8 Å². The predicted molar refractivity (Wildman–Crippen MR) is 79.3 cm³/mol. The molecule has 1 fully saturated rings. The van der Waals surface area contributed by atoms with E-state index in [9.17, 15) is 0 Å². The number of hydrogen-bond donors (Lipinski definition) is 1. The van der Waals surface area contributed by atoms with Crippen molar-refractivity contribution in [3.8, 4) is 6.07 Å². The first-order valence-corrected chi connectivity index (χ1v) is 7.57. The predicted octanol–water partition coefficient (Wildman–Crippen LogP) is 4.16. The number of nitrogens with zero attached hydrogens (tertiary/aromatic N) is 1. The van der Waals surface area contributed by atoms with Crippen LogP contribution in [0.4, 0.5) is 5.69 Å². The highest BCUT2D eigenvalue weighted by Crippen LogP contribution is 2.35. The molecule has 1 aromatic rings. The number of thioether (sulfide) groups is 1. The molecule has 1 atom stereocenters. The van der Waals surface area contributed by atoms with E-state index in [1.165, 1.54) is 5.75 Å². The van der Waals surface area contributed by atoms with Gasteiger partial charge in [0.05, 0.1) is 22.3 Å². The highest BCUT2D eigenvalue weighted by Gasteiger charge is 2.28. The minimum atomic E-state index is 0.361. The monoisotopic (exact) mass is 280 g/mol. The Morgan fingerprint density at radius 3 is 2.94 bits per heavy atom. The van der Waals surface area contributed by atoms with Gasteiger partial charge in [-0.1, -0.05) is 25.4 Å². The van der Waals surface area contributed by atoms with Gasteiger partial charge in [0.25, 0.3) is 0 Å². The van der Waals surface area contributed by atoms with Crippen molar-refractivity contribution in [2.45, 2.75) is 26.3 Å². The Labute approximate surface area is 118 Å². The van der Waals surface area contributed by atoms with E-state index in [0.717, 1.165) is 17.9 Å². The van der Waals surface area contributed by atoms with Crippen molar-refractivity contribution in [1.82, 2.24) is 0 Å². The molecule has 0 amide bonds. The molecule has 0 bridgehead atoms. The molecule has 0 radical (unpaired) electrons. The van der Waals surface area contributed by atoms with Gasteiger partial charge >= 0.3 is 0 Å². The second-order valence-corrected chi connectivity index (χ2v) is 6.97. The van der Waals surface area contributed by atoms with Crippen LogP contribution in [-0.2, 0) is 0 Å². The van der Waals surface area contributed by atoms with Gasteiger partial charge < -0.3 is 5.32 Å². The summed E-state index contributed by atoms with van der Waals surface area (Å²) >= 11 is 8.14. The van der Waals surface area contributed by atoms with Crippen molar-refractivity contribution < 1.29 is 0 Å². The summed E-state index contributed by atoms with van der Waals surface area (Å²) < 4.78 is 0. The number of nitriles is 1. The van der Waals surface area contributed by atoms with E-state index >= 15 is 0 Å². The van der Waals surface area contributed by atoms with E-state index in [0.29, 0.717) is 22.0 Å². The molecule has 1 saturated heterocycles. The van der Waals surface area contributed by atoms with Crippen LogP contribution in [0.1, 0.15) is 25.8 Å². The van der Waals surface area contributed by atoms with Crippen LogP contribution in [0, 0.1) is 16.7 Å². The molecule has 4 heteroatoms. The third-order valence-electron chi connectivity index (χ3n) is 3.07. The summed E-state index contributed by atoms with van der Waals surface area (Å²) in [4.78, 5) is 0. The molecule has 1 heterocycles. The summed E-state index contributed by atoms with van der Waals surface area (Å²) in [5.41, 5.74) is 1.88. The summed E-state index contributed by atoms with van der Waals surface area (Å²) in [6, 6.07) is 7.92. The highest BCUT2D eigenvalue weighted by molar-refractivity contribution is 7.99. The van der Waals surface area contributed by atoms with E-state index in [2.05, 4.69) is 25.2 Å². The number of hydrogen-bond acceptors (Lipinski definition) is 3. The molecule has 0 saturated carbocycles. The summed E-state index contributed by atoms with van der Waals surface area (Å²) in [5, 5.41) is 13.1. The van der Waals surface area contributed by atoms with E-state index < -0.39 is 0 Å². The molecule has 1 aliphatic rings. The van der Waals surface area contributed by atoms with Crippen LogP contribution in [0.3, 0.4) is 0 Å². The van der Waals surface area contributed by atoms with Crippen LogP contribution < -0.4 is 5.32 Å². The fraction of sp³-hybridized carbons (Fsp3) is 0.500. The van der Waals surface area contributed by atoms with Gasteiger partial charge in [-0.3, -0.25) is 0 Å². The van der Waals surface area contributed by atoms with Gasteiger partial charge in [-0.2, -0.15) is 17.0 Å². The molecular weight excluding hydrogens is 264 g/mol. The molecule has 1 N–H and O–H groups in total. The minimum absolute atomic E-state index is 0.361. The van der Waals surface area contributed by atoms with Crippen LogP contribution in [0.15, 0.2) is 18.2 Å². The van der Waals surface area contributed by atoms with E-state index in [-0.39, 0.29) is 0 Å². The zero-order chi connectivity index (χ0) is 13.2. The minimum Gasteiger partial charge on any atom is -0.380 e. The Morgan fingerprint density at radius 1 is 1.50 bits per heavy atom. The molecule has 96 valence electrons. The van der Waals surface area contributed by atoms with Crippen LogP contribution >= 0.6 is 23.4 Å². The molecule has 2 nitrogen and oxygen atoms in total. The van der Waals surface area contributed by atoms with E-state index in [4.69, 9.17) is 16.9 Å². The second-order valence-electron chi connectivity index (χ2n) is 5.53. The number of halogens is 1. The van der Waals surface area contributed by atoms with Gasteiger partial charge in [-0.05, 0) is 35.8 Å². The smallest absolute Gasteiger partial charge is 0.0992 e. The summed E-state index contributed by atoms with van der Waals surface area (Å²) in [6.07, 6.45) is 1.13. The van der Waals surface area contributed by atoms with Gasteiger partial charge in [0.1, 0.15) is 0 Å². The van der Waals surface area contributed by atoms with Crippen LogP contribution in [0.2, 0.25) is 5.02 Å². The lowest BCUT2D eigenvalue weighted by molar-refractivity contribution is 0.358. The van der Waals surface area contributed by atoms with Gasteiger partial charge in [-0.15, -0.1) is 0 Å². The van der Waals surface area contributed by atoms with Crippen LogP contribution in [-0.4, -0.2) is 17.5 Å². The zero-order valence-corrected chi connectivity index (χ0v) is 12.2. The first-order chi connectivity index (χ1) is 8.50. The highest BCUT2D eigenvalue weighted by atomic mass is 35.5. The van der Waals surface area contributed by atoms with Gasteiger partial charge in [-0.25, -0.2) is 0 Å².